The zero-order chi connectivity index (χ0) is 21.3. The van der Waals surface area contributed by atoms with Crippen LogP contribution in [0.5, 0.6) is 0 Å². The van der Waals surface area contributed by atoms with Gasteiger partial charge in [0.15, 0.2) is 5.69 Å². The van der Waals surface area contributed by atoms with Crippen molar-refractivity contribution in [1.29, 1.82) is 5.26 Å². The lowest BCUT2D eigenvalue weighted by atomic mass is 10.1. The SMILES string of the molecule is Cc1cc(C(=O)N(c2ccc(CC#N)cc2)S(=O)(=O)C(C)C)nn1C(C)(C)C. The van der Waals surface area contributed by atoms with E-state index in [4.69, 9.17) is 5.26 Å². The summed E-state index contributed by atoms with van der Waals surface area (Å²) in [6, 6.07) is 10.0. The molecule has 2 rings (SSSR count). The molecule has 1 heterocycles. The van der Waals surface area contributed by atoms with Crippen molar-refractivity contribution in [2.24, 2.45) is 0 Å². The fraction of sp³-hybridized carbons (Fsp3) is 0.450. The van der Waals surface area contributed by atoms with Gasteiger partial charge in [0, 0.05) is 5.69 Å². The van der Waals surface area contributed by atoms with Crippen LogP contribution in [-0.2, 0) is 22.0 Å². The molecule has 1 aromatic carbocycles. The van der Waals surface area contributed by atoms with Crippen LogP contribution in [0.15, 0.2) is 30.3 Å². The van der Waals surface area contributed by atoms with E-state index >= 15 is 0 Å². The Morgan fingerprint density at radius 2 is 1.82 bits per heavy atom. The molecule has 0 radical (unpaired) electrons. The quantitative estimate of drug-likeness (QED) is 0.764. The number of carbonyl (C=O) groups is 1. The van der Waals surface area contributed by atoms with Gasteiger partial charge in [-0.05, 0) is 65.3 Å². The van der Waals surface area contributed by atoms with Crippen LogP contribution in [0.1, 0.15) is 56.4 Å². The number of sulfonamides is 1. The number of rotatable bonds is 5. The van der Waals surface area contributed by atoms with E-state index in [0.29, 0.717) is 0 Å². The molecule has 28 heavy (non-hydrogen) atoms. The van der Waals surface area contributed by atoms with Gasteiger partial charge in [0.05, 0.1) is 29.0 Å². The summed E-state index contributed by atoms with van der Waals surface area (Å²) in [4.78, 5) is 13.2. The minimum Gasteiger partial charge on any atom is -0.266 e. The topological polar surface area (TPSA) is 96.1 Å². The van der Waals surface area contributed by atoms with E-state index < -0.39 is 21.2 Å². The molecule has 8 heteroatoms. The van der Waals surface area contributed by atoms with Gasteiger partial charge >= 0.3 is 0 Å². The Balaban J connectivity index is 2.57. The Morgan fingerprint density at radius 3 is 2.25 bits per heavy atom. The molecular formula is C20H26N4O3S. The van der Waals surface area contributed by atoms with Crippen LogP contribution in [-0.4, -0.2) is 29.4 Å². The molecule has 0 bridgehead atoms. The summed E-state index contributed by atoms with van der Waals surface area (Å²) < 4.78 is 28.4. The highest BCUT2D eigenvalue weighted by atomic mass is 32.2. The van der Waals surface area contributed by atoms with Crippen molar-refractivity contribution in [3.63, 3.8) is 0 Å². The van der Waals surface area contributed by atoms with E-state index in [9.17, 15) is 13.2 Å². The summed E-state index contributed by atoms with van der Waals surface area (Å²) in [6.45, 7) is 10.7. The Hall–Kier alpha value is -2.66. The van der Waals surface area contributed by atoms with Crippen molar-refractivity contribution in [3.8, 4) is 6.07 Å². The molecule has 150 valence electrons. The number of hydrogen-bond donors (Lipinski definition) is 0. The summed E-state index contributed by atoms with van der Waals surface area (Å²) in [5.74, 6) is -0.701. The fourth-order valence-electron chi connectivity index (χ4n) is 2.79. The van der Waals surface area contributed by atoms with Gasteiger partial charge in [-0.3, -0.25) is 9.48 Å². The predicted octanol–water partition coefficient (Wildman–Crippen LogP) is 3.40. The molecule has 0 aliphatic rings. The molecule has 0 spiro atoms. The number of aryl methyl sites for hydroxylation is 1. The van der Waals surface area contributed by atoms with Crippen molar-refractivity contribution in [2.75, 3.05) is 4.31 Å². The third kappa shape index (κ3) is 4.25. The Kier molecular flexibility index (Phi) is 6.00. The second-order valence-corrected chi connectivity index (χ2v) is 10.3. The smallest absolute Gasteiger partial charge is 0.266 e. The number of benzene rings is 1. The van der Waals surface area contributed by atoms with Crippen LogP contribution in [0.25, 0.3) is 0 Å². The van der Waals surface area contributed by atoms with Crippen molar-refractivity contribution >= 4 is 21.6 Å². The highest BCUT2D eigenvalue weighted by molar-refractivity contribution is 7.94. The van der Waals surface area contributed by atoms with Crippen LogP contribution >= 0.6 is 0 Å². The van der Waals surface area contributed by atoms with Gasteiger partial charge in [-0.2, -0.15) is 10.4 Å². The van der Waals surface area contributed by atoms with Crippen molar-refractivity contribution < 1.29 is 13.2 Å². The lowest BCUT2D eigenvalue weighted by molar-refractivity contribution is 0.0999. The third-order valence-corrected chi connectivity index (χ3v) is 6.31. The molecule has 0 aliphatic heterocycles. The van der Waals surface area contributed by atoms with Crippen LogP contribution in [0, 0.1) is 18.3 Å². The number of amides is 1. The van der Waals surface area contributed by atoms with Gasteiger partial charge < -0.3 is 0 Å². The zero-order valence-electron chi connectivity index (χ0n) is 17.1. The van der Waals surface area contributed by atoms with Gasteiger partial charge in [-0.25, -0.2) is 12.7 Å². The zero-order valence-corrected chi connectivity index (χ0v) is 17.9. The molecule has 0 saturated carbocycles. The molecule has 0 fully saturated rings. The van der Waals surface area contributed by atoms with Crippen LogP contribution < -0.4 is 4.31 Å². The van der Waals surface area contributed by atoms with Crippen molar-refractivity contribution in [3.05, 3.63) is 47.3 Å². The Morgan fingerprint density at radius 1 is 1.25 bits per heavy atom. The van der Waals surface area contributed by atoms with Crippen LogP contribution in [0.3, 0.4) is 0 Å². The van der Waals surface area contributed by atoms with Gasteiger partial charge in [-0.1, -0.05) is 12.1 Å². The minimum atomic E-state index is -3.93. The van der Waals surface area contributed by atoms with Gasteiger partial charge in [0.2, 0.25) is 10.0 Å². The molecule has 0 saturated heterocycles. The molecule has 0 atom stereocenters. The maximum Gasteiger partial charge on any atom is 0.292 e. The van der Waals surface area contributed by atoms with E-state index in [1.54, 1.807) is 22.9 Å². The maximum atomic E-state index is 13.2. The molecule has 1 amide bonds. The summed E-state index contributed by atoms with van der Waals surface area (Å²) >= 11 is 0. The first-order valence-corrected chi connectivity index (χ1v) is 10.5. The first-order chi connectivity index (χ1) is 12.9. The number of nitriles is 1. The maximum absolute atomic E-state index is 13.2. The Bertz CT molecular complexity index is 1010. The number of carbonyl (C=O) groups excluding carboxylic acids is 1. The summed E-state index contributed by atoms with van der Waals surface area (Å²) in [5.41, 5.74) is 1.46. The van der Waals surface area contributed by atoms with Gasteiger partial charge in [0.25, 0.3) is 5.91 Å². The molecule has 2 aromatic rings. The number of anilines is 1. The van der Waals surface area contributed by atoms with Crippen LogP contribution in [0.4, 0.5) is 5.69 Å². The molecule has 7 nitrogen and oxygen atoms in total. The highest BCUT2D eigenvalue weighted by Crippen LogP contribution is 2.25. The standard InChI is InChI=1S/C20H26N4O3S/c1-14(2)28(26,27)23(17-9-7-16(8-10-17)11-12-21)19(25)18-13-15(3)24(22-18)20(4,5)6/h7-10,13-14H,11H2,1-6H3. The lowest BCUT2D eigenvalue weighted by Crippen LogP contribution is -2.41. The lowest BCUT2D eigenvalue weighted by Gasteiger charge is -2.24. The van der Waals surface area contributed by atoms with E-state index in [-0.39, 0.29) is 23.3 Å². The highest BCUT2D eigenvalue weighted by Gasteiger charge is 2.34. The predicted molar refractivity (Wildman–Crippen MR) is 109 cm³/mol. The monoisotopic (exact) mass is 402 g/mol. The summed E-state index contributed by atoms with van der Waals surface area (Å²) in [7, 11) is -3.93. The fourth-order valence-corrected chi connectivity index (χ4v) is 3.95. The van der Waals surface area contributed by atoms with E-state index in [1.807, 2.05) is 33.8 Å². The molecule has 1 aromatic heterocycles. The minimum absolute atomic E-state index is 0.0674. The summed E-state index contributed by atoms with van der Waals surface area (Å²) in [5, 5.41) is 12.4. The van der Waals surface area contributed by atoms with Crippen molar-refractivity contribution in [1.82, 2.24) is 9.78 Å². The molecule has 0 aliphatic carbocycles. The van der Waals surface area contributed by atoms with E-state index in [0.717, 1.165) is 15.6 Å². The third-order valence-electron chi connectivity index (χ3n) is 4.23. The molecular weight excluding hydrogens is 376 g/mol. The van der Waals surface area contributed by atoms with Gasteiger partial charge in [0.1, 0.15) is 0 Å². The summed E-state index contributed by atoms with van der Waals surface area (Å²) in [6.07, 6.45) is 0.209. The molecule has 0 N–H and O–H groups in total. The van der Waals surface area contributed by atoms with E-state index in [2.05, 4.69) is 5.10 Å². The number of aromatic nitrogens is 2. The second kappa shape index (κ2) is 7.76. The Labute approximate surface area is 166 Å². The average molecular weight is 403 g/mol. The number of nitrogens with zero attached hydrogens (tertiary/aromatic N) is 4. The normalized spacial score (nSPS) is 12.1. The van der Waals surface area contributed by atoms with Crippen molar-refractivity contribution in [2.45, 2.75) is 58.8 Å². The van der Waals surface area contributed by atoms with Gasteiger partial charge in [-0.15, -0.1) is 0 Å². The second-order valence-electron chi connectivity index (χ2n) is 7.92. The largest absolute Gasteiger partial charge is 0.292 e. The van der Waals surface area contributed by atoms with E-state index in [1.165, 1.54) is 26.0 Å². The average Bonchev–Trinajstić information content (AvgIpc) is 2.98. The first-order valence-electron chi connectivity index (χ1n) is 9.01. The number of hydrogen-bond acceptors (Lipinski definition) is 5. The molecule has 0 unspecified atom stereocenters. The van der Waals surface area contributed by atoms with Crippen LogP contribution in [0.2, 0.25) is 0 Å². The first kappa shape index (κ1) is 21.6.